The molecule has 2 N–H and O–H groups in total. The lowest BCUT2D eigenvalue weighted by Gasteiger charge is -2.48. The number of amides is 1. The lowest BCUT2D eigenvalue weighted by Crippen LogP contribution is -2.68. The van der Waals surface area contributed by atoms with Crippen LogP contribution in [0, 0.1) is 5.41 Å². The smallest absolute Gasteiger partial charge is 0.358 e. The topological polar surface area (TPSA) is 108 Å². The summed E-state index contributed by atoms with van der Waals surface area (Å²) in [5, 5.41) is -0.280. The lowest BCUT2D eigenvalue weighted by atomic mass is 9.91. The molecule has 9 heteroatoms. The number of hydrogen-bond donors (Lipinski definition) is 1. The second-order valence-electron chi connectivity index (χ2n) is 6.54. The van der Waals surface area contributed by atoms with E-state index in [1.165, 1.54) is 23.8 Å². The van der Waals surface area contributed by atoms with Crippen LogP contribution in [0.3, 0.4) is 0 Å². The number of methoxy groups -OCH3 is 1. The van der Waals surface area contributed by atoms with E-state index in [-0.39, 0.29) is 23.6 Å². The van der Waals surface area contributed by atoms with Crippen molar-refractivity contribution in [1.82, 2.24) is 4.90 Å². The summed E-state index contributed by atoms with van der Waals surface area (Å²) in [7, 11) is 1.50. The van der Waals surface area contributed by atoms with Gasteiger partial charge in [-0.1, -0.05) is 6.92 Å². The molecule has 2 aliphatic heterocycles. The Hall–Kier alpha value is -1.58. The Kier molecular flexibility index (Phi) is 6.12. The Morgan fingerprint density at radius 1 is 1.36 bits per heavy atom. The van der Waals surface area contributed by atoms with E-state index in [4.69, 9.17) is 19.9 Å². The Morgan fingerprint density at radius 3 is 2.64 bits per heavy atom. The molecule has 1 saturated heterocycles. The molecule has 0 bridgehead atoms. The molecule has 0 aliphatic carbocycles. The van der Waals surface area contributed by atoms with Gasteiger partial charge in [0.05, 0.1) is 12.0 Å². The summed E-state index contributed by atoms with van der Waals surface area (Å²) in [6.45, 7) is 5.06. The van der Waals surface area contributed by atoms with Gasteiger partial charge in [0.2, 0.25) is 12.7 Å². The molecule has 2 rings (SSSR count). The molecular weight excluding hydrogens is 348 g/mol. The first-order valence-electron chi connectivity index (χ1n) is 8.00. The number of hydrogen-bond acceptors (Lipinski definition) is 8. The molecule has 0 aromatic carbocycles. The van der Waals surface area contributed by atoms with Gasteiger partial charge in [0, 0.05) is 12.9 Å². The maximum Gasteiger partial charge on any atom is 0.358 e. The fraction of sp³-hybridized carbons (Fsp3) is 0.688. The highest BCUT2D eigenvalue weighted by Crippen LogP contribution is 2.39. The minimum atomic E-state index is -0.722. The first-order chi connectivity index (χ1) is 11.7. The van der Waals surface area contributed by atoms with E-state index in [1.807, 2.05) is 6.92 Å². The van der Waals surface area contributed by atoms with E-state index in [2.05, 4.69) is 0 Å². The highest BCUT2D eigenvalue weighted by Gasteiger charge is 2.52. The van der Waals surface area contributed by atoms with E-state index in [0.29, 0.717) is 17.7 Å². The third kappa shape index (κ3) is 3.83. The summed E-state index contributed by atoms with van der Waals surface area (Å²) < 4.78 is 15.2. The highest BCUT2D eigenvalue weighted by molar-refractivity contribution is 8.00. The van der Waals surface area contributed by atoms with Crippen molar-refractivity contribution >= 4 is 29.6 Å². The number of carbonyl (C=O) groups excluding carboxylic acids is 3. The molecule has 8 nitrogen and oxygen atoms in total. The number of β-lactam (4-membered cyclic amide) rings is 1. The molecule has 0 saturated carbocycles. The lowest BCUT2D eigenvalue weighted by molar-refractivity contribution is -0.174. The maximum atomic E-state index is 12.5. The standard InChI is InChI=1S/C16H24N2O6S/c1-5-16(2,3)15(21)24-8-23-14(20)11-9(6-22-4)7-25-13-10(17)12(19)18(11)13/h10,13H,5-8,17H2,1-4H3/t10?,13-/m1/s1. The van der Waals surface area contributed by atoms with Crippen molar-refractivity contribution in [2.75, 3.05) is 26.3 Å². The van der Waals surface area contributed by atoms with Crippen molar-refractivity contribution in [3.63, 3.8) is 0 Å². The zero-order valence-corrected chi connectivity index (χ0v) is 15.7. The van der Waals surface area contributed by atoms with E-state index in [0.717, 1.165) is 0 Å². The average molecular weight is 372 g/mol. The summed E-state index contributed by atoms with van der Waals surface area (Å²) >= 11 is 1.48. The summed E-state index contributed by atoms with van der Waals surface area (Å²) in [4.78, 5) is 37.7. The number of thioether (sulfide) groups is 1. The van der Waals surface area contributed by atoms with Gasteiger partial charge in [-0.15, -0.1) is 11.8 Å². The SMILES string of the molecule is CCC(C)(C)C(=O)OCOC(=O)C1=C(COC)CS[C@@H]2C(N)C(=O)N12. The van der Waals surface area contributed by atoms with Crippen LogP contribution in [0.5, 0.6) is 0 Å². The van der Waals surface area contributed by atoms with E-state index < -0.39 is 30.2 Å². The molecule has 0 spiro atoms. The Labute approximate surface area is 151 Å². The van der Waals surface area contributed by atoms with Gasteiger partial charge in [-0.25, -0.2) is 4.79 Å². The Bertz CT molecular complexity index is 603. The zero-order valence-electron chi connectivity index (χ0n) is 14.9. The first-order valence-corrected chi connectivity index (χ1v) is 9.05. The summed E-state index contributed by atoms with van der Waals surface area (Å²) in [5.41, 5.74) is 5.91. The molecule has 2 aliphatic rings. The van der Waals surface area contributed by atoms with Crippen LogP contribution >= 0.6 is 11.8 Å². The quantitative estimate of drug-likeness (QED) is 0.393. The molecule has 140 valence electrons. The van der Waals surface area contributed by atoms with Gasteiger partial charge in [0.1, 0.15) is 17.1 Å². The van der Waals surface area contributed by atoms with Crippen molar-refractivity contribution in [1.29, 1.82) is 0 Å². The molecule has 2 atom stereocenters. The molecular formula is C16H24N2O6S. The maximum absolute atomic E-state index is 12.5. The average Bonchev–Trinajstić information content (AvgIpc) is 2.60. The second kappa shape index (κ2) is 7.76. The molecule has 0 aromatic heterocycles. The number of rotatable bonds is 7. The number of carbonyl (C=O) groups is 3. The van der Waals surface area contributed by atoms with Gasteiger partial charge in [-0.3, -0.25) is 14.5 Å². The third-order valence-electron chi connectivity index (χ3n) is 4.42. The Balaban J connectivity index is 2.04. The summed E-state index contributed by atoms with van der Waals surface area (Å²) in [6, 6.07) is -0.625. The first kappa shape index (κ1) is 19.7. The number of fused-ring (bicyclic) bond motifs is 1. The number of ether oxygens (including phenoxy) is 3. The third-order valence-corrected chi connectivity index (χ3v) is 5.78. The van der Waals surface area contributed by atoms with E-state index >= 15 is 0 Å². The predicted octanol–water partition coefficient (Wildman–Crippen LogP) is 0.609. The molecule has 2 heterocycles. The minimum Gasteiger partial charge on any atom is -0.427 e. The van der Waals surface area contributed by atoms with E-state index in [1.54, 1.807) is 13.8 Å². The van der Waals surface area contributed by atoms with E-state index in [9.17, 15) is 14.4 Å². The Morgan fingerprint density at radius 2 is 2.04 bits per heavy atom. The van der Waals surface area contributed by atoms with Gasteiger partial charge in [-0.2, -0.15) is 0 Å². The summed E-state index contributed by atoms with van der Waals surface area (Å²) in [6.07, 6.45) is 0.599. The summed E-state index contributed by atoms with van der Waals surface area (Å²) in [5.74, 6) is -0.988. The van der Waals surface area contributed by atoms with Crippen molar-refractivity contribution < 1.29 is 28.6 Å². The molecule has 1 amide bonds. The minimum absolute atomic E-state index is 0.142. The van der Waals surface area contributed by atoms with Crippen molar-refractivity contribution in [2.24, 2.45) is 11.1 Å². The van der Waals surface area contributed by atoms with Gasteiger partial charge in [-0.05, 0) is 25.8 Å². The largest absolute Gasteiger partial charge is 0.427 e. The van der Waals surface area contributed by atoms with Gasteiger partial charge in [0.15, 0.2) is 0 Å². The number of nitrogens with zero attached hydrogens (tertiary/aromatic N) is 1. The molecule has 25 heavy (non-hydrogen) atoms. The van der Waals surface area contributed by atoms with Crippen LogP contribution < -0.4 is 5.73 Å². The fourth-order valence-corrected chi connectivity index (χ4v) is 3.67. The number of esters is 2. The van der Waals surface area contributed by atoms with Gasteiger partial charge in [0.25, 0.3) is 0 Å². The molecule has 1 fully saturated rings. The monoisotopic (exact) mass is 372 g/mol. The second-order valence-corrected chi connectivity index (χ2v) is 7.64. The van der Waals surface area contributed by atoms with Crippen LogP contribution in [-0.2, 0) is 28.6 Å². The normalized spacial score (nSPS) is 23.1. The van der Waals surface area contributed by atoms with Crippen molar-refractivity contribution in [3.8, 4) is 0 Å². The van der Waals surface area contributed by atoms with Gasteiger partial charge < -0.3 is 19.9 Å². The van der Waals surface area contributed by atoms with Crippen LogP contribution in [0.1, 0.15) is 27.2 Å². The molecule has 0 radical (unpaired) electrons. The predicted molar refractivity (Wildman–Crippen MR) is 91.1 cm³/mol. The number of nitrogens with two attached hydrogens (primary N) is 1. The van der Waals surface area contributed by atoms with Crippen LogP contribution in [0.15, 0.2) is 11.3 Å². The van der Waals surface area contributed by atoms with Gasteiger partial charge >= 0.3 is 11.9 Å². The van der Waals surface area contributed by atoms with Crippen molar-refractivity contribution in [3.05, 3.63) is 11.3 Å². The zero-order chi connectivity index (χ0) is 18.8. The van der Waals surface area contributed by atoms with Crippen LogP contribution in [0.25, 0.3) is 0 Å². The van der Waals surface area contributed by atoms with Crippen LogP contribution in [-0.4, -0.2) is 60.4 Å². The van der Waals surface area contributed by atoms with Crippen LogP contribution in [0.2, 0.25) is 0 Å². The van der Waals surface area contributed by atoms with Crippen LogP contribution in [0.4, 0.5) is 0 Å². The molecule has 0 aromatic rings. The highest BCUT2D eigenvalue weighted by atomic mass is 32.2. The van der Waals surface area contributed by atoms with Crippen molar-refractivity contribution in [2.45, 2.75) is 38.6 Å². The fourth-order valence-electron chi connectivity index (χ4n) is 2.40. The molecule has 1 unspecified atom stereocenters.